The average molecular weight is 302 g/mol. The van der Waals surface area contributed by atoms with Crippen molar-refractivity contribution in [3.05, 3.63) is 41.5 Å². The molecule has 2 rings (SSSR count). The van der Waals surface area contributed by atoms with Crippen LogP contribution in [0.2, 0.25) is 0 Å². The Bertz CT molecular complexity index is 606. The first-order valence-electron chi connectivity index (χ1n) is 7.05. The Balaban J connectivity index is 1.71. The maximum Gasteiger partial charge on any atom is 0.331 e. The fourth-order valence-electron chi connectivity index (χ4n) is 1.73. The van der Waals surface area contributed by atoms with Gasteiger partial charge < -0.3 is 10.1 Å². The van der Waals surface area contributed by atoms with Crippen LogP contribution in [0.3, 0.4) is 0 Å². The van der Waals surface area contributed by atoms with Crippen molar-refractivity contribution in [1.29, 1.82) is 0 Å². The molecule has 0 saturated heterocycles. The average Bonchev–Trinajstić information content (AvgIpc) is 3.28. The number of nitrogens with one attached hydrogen (secondary N) is 2. The normalized spacial score (nSPS) is 13.7. The predicted octanol–water partition coefficient (Wildman–Crippen LogP) is 1.54. The maximum absolute atomic E-state index is 11.5. The van der Waals surface area contributed by atoms with Gasteiger partial charge in [0.15, 0.2) is 6.61 Å². The minimum atomic E-state index is -0.657. The summed E-state index contributed by atoms with van der Waals surface area (Å²) < 4.78 is 4.77. The summed E-state index contributed by atoms with van der Waals surface area (Å²) in [6, 6.07) is 7.17. The van der Waals surface area contributed by atoms with Gasteiger partial charge in [-0.2, -0.15) is 0 Å². The number of carbonyl (C=O) groups is 3. The Morgan fingerprint density at radius 2 is 2.00 bits per heavy atom. The van der Waals surface area contributed by atoms with E-state index in [1.165, 1.54) is 6.08 Å². The molecule has 22 heavy (non-hydrogen) atoms. The molecule has 1 fully saturated rings. The standard InChI is InChI=1S/C16H18N2O4/c1-11-4-2-3-5-12(11)6-9-15(20)22-10-14(19)18-16(21)17-13-7-8-13/h2-6,9,13H,7-8,10H2,1H3,(H2,17,18,19,21)/b9-6+. The Morgan fingerprint density at radius 3 is 2.68 bits per heavy atom. The highest BCUT2D eigenvalue weighted by atomic mass is 16.5. The van der Waals surface area contributed by atoms with Crippen LogP contribution in [0, 0.1) is 6.92 Å². The third-order valence-electron chi connectivity index (χ3n) is 3.10. The van der Waals surface area contributed by atoms with Crippen molar-refractivity contribution in [2.24, 2.45) is 0 Å². The molecular formula is C16H18N2O4. The largest absolute Gasteiger partial charge is 0.452 e. The van der Waals surface area contributed by atoms with Crippen LogP contribution >= 0.6 is 0 Å². The van der Waals surface area contributed by atoms with E-state index in [0.717, 1.165) is 24.0 Å². The van der Waals surface area contributed by atoms with E-state index < -0.39 is 24.5 Å². The molecule has 0 bridgehead atoms. The molecule has 0 spiro atoms. The second kappa shape index (κ2) is 7.40. The highest BCUT2D eigenvalue weighted by molar-refractivity contribution is 5.96. The second-order valence-electron chi connectivity index (χ2n) is 5.09. The Hall–Kier alpha value is -2.63. The van der Waals surface area contributed by atoms with E-state index in [4.69, 9.17) is 4.74 Å². The van der Waals surface area contributed by atoms with E-state index in [1.54, 1.807) is 6.08 Å². The van der Waals surface area contributed by atoms with E-state index in [0.29, 0.717) is 0 Å². The van der Waals surface area contributed by atoms with Crippen molar-refractivity contribution >= 4 is 24.0 Å². The number of amides is 3. The zero-order chi connectivity index (χ0) is 15.9. The molecule has 1 aromatic carbocycles. The summed E-state index contributed by atoms with van der Waals surface area (Å²) >= 11 is 0. The molecule has 116 valence electrons. The quantitative estimate of drug-likeness (QED) is 0.638. The molecule has 6 heteroatoms. The second-order valence-corrected chi connectivity index (χ2v) is 5.09. The van der Waals surface area contributed by atoms with Crippen LogP contribution < -0.4 is 10.6 Å². The highest BCUT2D eigenvalue weighted by Gasteiger charge is 2.23. The van der Waals surface area contributed by atoms with Crippen LogP contribution in [0.25, 0.3) is 6.08 Å². The van der Waals surface area contributed by atoms with Crippen molar-refractivity contribution in [1.82, 2.24) is 10.6 Å². The SMILES string of the molecule is Cc1ccccc1/C=C/C(=O)OCC(=O)NC(=O)NC1CC1. The van der Waals surface area contributed by atoms with Gasteiger partial charge in [-0.15, -0.1) is 0 Å². The minimum absolute atomic E-state index is 0.160. The van der Waals surface area contributed by atoms with Gasteiger partial charge in [-0.3, -0.25) is 10.1 Å². The van der Waals surface area contributed by atoms with Gasteiger partial charge >= 0.3 is 12.0 Å². The molecule has 3 amide bonds. The van der Waals surface area contributed by atoms with Crippen molar-refractivity contribution in [2.45, 2.75) is 25.8 Å². The van der Waals surface area contributed by atoms with Gasteiger partial charge in [0.2, 0.25) is 0 Å². The van der Waals surface area contributed by atoms with Gasteiger partial charge in [-0.05, 0) is 37.0 Å². The summed E-state index contributed by atoms with van der Waals surface area (Å²) in [5.41, 5.74) is 1.92. The maximum atomic E-state index is 11.5. The summed E-state index contributed by atoms with van der Waals surface area (Å²) in [6.07, 6.45) is 4.73. The van der Waals surface area contributed by atoms with Gasteiger partial charge in [0.05, 0.1) is 0 Å². The number of aryl methyl sites for hydroxylation is 1. The number of benzene rings is 1. The van der Waals surface area contributed by atoms with Gasteiger partial charge in [-0.25, -0.2) is 9.59 Å². The predicted molar refractivity (Wildman–Crippen MR) is 80.9 cm³/mol. The number of hydrogen-bond donors (Lipinski definition) is 2. The van der Waals surface area contributed by atoms with Crippen molar-refractivity contribution in [3.63, 3.8) is 0 Å². The number of carbonyl (C=O) groups excluding carboxylic acids is 3. The summed E-state index contributed by atoms with van der Waals surface area (Å²) in [7, 11) is 0. The first-order valence-corrected chi connectivity index (χ1v) is 7.05. The molecule has 0 atom stereocenters. The third-order valence-corrected chi connectivity index (χ3v) is 3.10. The van der Waals surface area contributed by atoms with Gasteiger partial charge in [-0.1, -0.05) is 24.3 Å². The summed E-state index contributed by atoms with van der Waals surface area (Å²) in [5.74, 6) is -1.29. The summed E-state index contributed by atoms with van der Waals surface area (Å²) in [6.45, 7) is 1.44. The monoisotopic (exact) mass is 302 g/mol. The molecule has 6 nitrogen and oxygen atoms in total. The fourth-order valence-corrected chi connectivity index (χ4v) is 1.73. The molecule has 0 aromatic heterocycles. The first kappa shape index (κ1) is 15.8. The molecule has 0 radical (unpaired) electrons. The molecule has 1 aliphatic rings. The lowest BCUT2D eigenvalue weighted by Crippen LogP contribution is -2.42. The number of hydrogen-bond acceptors (Lipinski definition) is 4. The Kier molecular flexibility index (Phi) is 5.30. The molecule has 1 aliphatic carbocycles. The van der Waals surface area contributed by atoms with E-state index in [2.05, 4.69) is 10.6 Å². The highest BCUT2D eigenvalue weighted by Crippen LogP contribution is 2.18. The van der Waals surface area contributed by atoms with Gasteiger partial charge in [0, 0.05) is 12.1 Å². The van der Waals surface area contributed by atoms with Crippen LogP contribution in [-0.2, 0) is 14.3 Å². The van der Waals surface area contributed by atoms with Gasteiger partial charge in [0.25, 0.3) is 5.91 Å². The number of urea groups is 1. The zero-order valence-corrected chi connectivity index (χ0v) is 12.3. The van der Waals surface area contributed by atoms with Crippen LogP contribution in [-0.4, -0.2) is 30.6 Å². The van der Waals surface area contributed by atoms with Gasteiger partial charge in [0.1, 0.15) is 0 Å². The van der Waals surface area contributed by atoms with Crippen LogP contribution in [0.4, 0.5) is 4.79 Å². The molecule has 1 saturated carbocycles. The van der Waals surface area contributed by atoms with Crippen LogP contribution in [0.1, 0.15) is 24.0 Å². The topological polar surface area (TPSA) is 84.5 Å². The minimum Gasteiger partial charge on any atom is -0.452 e. The lowest BCUT2D eigenvalue weighted by Gasteiger charge is -2.05. The van der Waals surface area contributed by atoms with Crippen LogP contribution in [0.15, 0.2) is 30.3 Å². The molecule has 0 aliphatic heterocycles. The van der Waals surface area contributed by atoms with Crippen molar-refractivity contribution in [2.75, 3.05) is 6.61 Å². The van der Waals surface area contributed by atoms with Crippen molar-refractivity contribution in [3.8, 4) is 0 Å². The van der Waals surface area contributed by atoms with E-state index in [-0.39, 0.29) is 6.04 Å². The van der Waals surface area contributed by atoms with E-state index in [1.807, 2.05) is 31.2 Å². The molecule has 0 unspecified atom stereocenters. The summed E-state index contributed by atoms with van der Waals surface area (Å²) in [4.78, 5) is 34.2. The molecule has 2 N–H and O–H groups in total. The number of rotatable bonds is 5. The lowest BCUT2D eigenvalue weighted by molar-refractivity contribution is -0.143. The van der Waals surface area contributed by atoms with Crippen LogP contribution in [0.5, 0.6) is 0 Å². The molecular weight excluding hydrogens is 284 g/mol. The Labute approximate surface area is 128 Å². The Morgan fingerprint density at radius 1 is 1.27 bits per heavy atom. The van der Waals surface area contributed by atoms with Crippen molar-refractivity contribution < 1.29 is 19.1 Å². The third kappa shape index (κ3) is 5.40. The number of esters is 1. The summed E-state index contributed by atoms with van der Waals surface area (Å²) in [5, 5.41) is 4.70. The number of ether oxygens (including phenoxy) is 1. The lowest BCUT2D eigenvalue weighted by atomic mass is 10.1. The first-order chi connectivity index (χ1) is 10.5. The zero-order valence-electron chi connectivity index (χ0n) is 12.3. The van der Waals surface area contributed by atoms with E-state index in [9.17, 15) is 14.4 Å². The smallest absolute Gasteiger partial charge is 0.331 e. The molecule has 0 heterocycles. The number of imide groups is 1. The van der Waals surface area contributed by atoms with E-state index >= 15 is 0 Å². The molecule has 1 aromatic rings. The fraction of sp³-hybridized carbons (Fsp3) is 0.312.